The van der Waals surface area contributed by atoms with Gasteiger partial charge in [-0.2, -0.15) is 0 Å². The van der Waals surface area contributed by atoms with E-state index in [9.17, 15) is 14.0 Å². The molecule has 0 saturated heterocycles. The fourth-order valence-electron chi connectivity index (χ4n) is 2.81. The van der Waals surface area contributed by atoms with Gasteiger partial charge in [0.1, 0.15) is 11.4 Å². The molecule has 1 aromatic heterocycles. The second-order valence-corrected chi connectivity index (χ2v) is 6.30. The van der Waals surface area contributed by atoms with Gasteiger partial charge in [0.2, 0.25) is 5.76 Å². The molecule has 0 radical (unpaired) electrons. The third kappa shape index (κ3) is 4.16. The van der Waals surface area contributed by atoms with E-state index >= 15 is 0 Å². The Balaban J connectivity index is 1.71. The van der Waals surface area contributed by atoms with Crippen LogP contribution in [-0.4, -0.2) is 32.2 Å². The first-order valence-electron chi connectivity index (χ1n) is 8.76. The van der Waals surface area contributed by atoms with Crippen LogP contribution in [0.2, 0.25) is 0 Å². The first kappa shape index (κ1) is 20.2. The van der Waals surface area contributed by atoms with Crippen molar-refractivity contribution in [3.05, 3.63) is 53.5 Å². The number of carbonyl (C=O) groups is 2. The number of furan rings is 1. The van der Waals surface area contributed by atoms with Crippen molar-refractivity contribution in [3.8, 4) is 11.5 Å². The molecular weight excluding hydrogens is 381 g/mol. The lowest BCUT2D eigenvalue weighted by molar-refractivity contribution is -0.123. The highest BCUT2D eigenvalue weighted by Crippen LogP contribution is 2.30. The Kier molecular flexibility index (Phi) is 5.72. The van der Waals surface area contributed by atoms with Crippen LogP contribution in [0.15, 0.2) is 40.8 Å². The predicted molar refractivity (Wildman–Crippen MR) is 104 cm³/mol. The molecule has 0 unspecified atom stereocenters. The van der Waals surface area contributed by atoms with Crippen molar-refractivity contribution in [2.45, 2.75) is 20.0 Å². The highest BCUT2D eigenvalue weighted by atomic mass is 19.1. The van der Waals surface area contributed by atoms with Gasteiger partial charge in [-0.3, -0.25) is 4.79 Å². The smallest absolute Gasteiger partial charge is 0.375 e. The number of nitrogens with one attached hydrogen (secondary N) is 1. The van der Waals surface area contributed by atoms with Gasteiger partial charge in [0.15, 0.2) is 17.6 Å². The predicted octanol–water partition coefficient (Wildman–Crippen LogP) is 4.08. The standard InChI is InChI=1S/C21H20FNO6/c1-11-15-9-13(22)5-7-16(15)29-19(11)21(25)28-12(2)20(24)23-14-6-8-17(26-3)18(10-14)27-4/h5-10,12H,1-4H3,(H,23,24)/t12-/m0/s1. The molecule has 0 aliphatic heterocycles. The van der Waals surface area contributed by atoms with E-state index in [0.717, 1.165) is 0 Å². The van der Waals surface area contributed by atoms with E-state index in [2.05, 4.69) is 5.32 Å². The van der Waals surface area contributed by atoms with Crippen LogP contribution in [0.5, 0.6) is 11.5 Å². The molecule has 3 aromatic rings. The summed E-state index contributed by atoms with van der Waals surface area (Å²) in [6, 6.07) is 8.80. The number of rotatable bonds is 6. The second-order valence-electron chi connectivity index (χ2n) is 6.30. The molecule has 0 bridgehead atoms. The zero-order valence-electron chi connectivity index (χ0n) is 16.4. The Morgan fingerprint density at radius 2 is 1.79 bits per heavy atom. The lowest BCUT2D eigenvalue weighted by Gasteiger charge is -2.14. The number of halogens is 1. The molecule has 0 spiro atoms. The number of anilines is 1. The Morgan fingerprint density at radius 1 is 1.07 bits per heavy atom. The molecule has 1 amide bonds. The molecule has 0 saturated carbocycles. The lowest BCUT2D eigenvalue weighted by atomic mass is 10.1. The van der Waals surface area contributed by atoms with Crippen LogP contribution in [0, 0.1) is 12.7 Å². The van der Waals surface area contributed by atoms with Crippen LogP contribution in [0.4, 0.5) is 10.1 Å². The van der Waals surface area contributed by atoms with Gasteiger partial charge in [-0.25, -0.2) is 9.18 Å². The molecule has 1 heterocycles. The van der Waals surface area contributed by atoms with Gasteiger partial charge in [-0.1, -0.05) is 0 Å². The van der Waals surface area contributed by atoms with Crippen molar-refractivity contribution < 1.29 is 32.6 Å². The summed E-state index contributed by atoms with van der Waals surface area (Å²) in [7, 11) is 2.99. The van der Waals surface area contributed by atoms with Gasteiger partial charge in [0.05, 0.1) is 14.2 Å². The fraction of sp³-hybridized carbons (Fsp3) is 0.238. The number of aryl methyl sites for hydroxylation is 1. The fourth-order valence-corrected chi connectivity index (χ4v) is 2.81. The Bertz CT molecular complexity index is 1070. The summed E-state index contributed by atoms with van der Waals surface area (Å²) in [5.41, 5.74) is 1.25. The first-order valence-corrected chi connectivity index (χ1v) is 8.76. The third-order valence-electron chi connectivity index (χ3n) is 4.39. The average molecular weight is 401 g/mol. The van der Waals surface area contributed by atoms with Crippen LogP contribution >= 0.6 is 0 Å². The normalized spacial score (nSPS) is 11.8. The van der Waals surface area contributed by atoms with Crippen molar-refractivity contribution in [2.75, 3.05) is 19.5 Å². The molecule has 152 valence electrons. The maximum Gasteiger partial charge on any atom is 0.375 e. The van der Waals surface area contributed by atoms with Crippen LogP contribution < -0.4 is 14.8 Å². The number of benzene rings is 2. The van der Waals surface area contributed by atoms with Crippen LogP contribution in [0.3, 0.4) is 0 Å². The maximum atomic E-state index is 13.4. The summed E-state index contributed by atoms with van der Waals surface area (Å²) in [5, 5.41) is 3.11. The van der Waals surface area contributed by atoms with E-state index in [1.165, 1.54) is 39.3 Å². The largest absolute Gasteiger partial charge is 0.493 e. The maximum absolute atomic E-state index is 13.4. The second kappa shape index (κ2) is 8.22. The van der Waals surface area contributed by atoms with Crippen LogP contribution in [0.25, 0.3) is 11.0 Å². The number of hydrogen-bond acceptors (Lipinski definition) is 6. The number of fused-ring (bicyclic) bond motifs is 1. The van der Waals surface area contributed by atoms with Crippen LogP contribution in [0.1, 0.15) is 23.0 Å². The third-order valence-corrected chi connectivity index (χ3v) is 4.39. The highest BCUT2D eigenvalue weighted by molar-refractivity contribution is 5.99. The van der Waals surface area contributed by atoms with Crippen LogP contribution in [-0.2, 0) is 9.53 Å². The topological polar surface area (TPSA) is 87.0 Å². The summed E-state index contributed by atoms with van der Waals surface area (Å²) in [4.78, 5) is 24.8. The quantitative estimate of drug-likeness (QED) is 0.627. The summed E-state index contributed by atoms with van der Waals surface area (Å²) in [6.45, 7) is 3.06. The average Bonchev–Trinajstić information content (AvgIpc) is 3.03. The minimum Gasteiger partial charge on any atom is -0.493 e. The Hall–Kier alpha value is -3.55. The molecule has 7 nitrogen and oxygen atoms in total. The molecule has 1 N–H and O–H groups in total. The number of ether oxygens (including phenoxy) is 3. The van der Waals surface area contributed by atoms with E-state index < -0.39 is 23.8 Å². The number of carbonyl (C=O) groups excluding carboxylic acids is 2. The molecule has 0 aliphatic carbocycles. The molecule has 0 fully saturated rings. The molecule has 2 aromatic carbocycles. The molecule has 29 heavy (non-hydrogen) atoms. The van der Waals surface area contributed by atoms with E-state index in [-0.39, 0.29) is 5.76 Å². The van der Waals surface area contributed by atoms with Gasteiger partial charge in [0.25, 0.3) is 5.91 Å². The van der Waals surface area contributed by atoms with Gasteiger partial charge in [-0.15, -0.1) is 0 Å². The van der Waals surface area contributed by atoms with Crippen molar-refractivity contribution in [3.63, 3.8) is 0 Å². The zero-order chi connectivity index (χ0) is 21.1. The minimum atomic E-state index is -1.10. The summed E-state index contributed by atoms with van der Waals surface area (Å²) < 4.78 is 34.4. The molecule has 0 aliphatic rings. The zero-order valence-corrected chi connectivity index (χ0v) is 16.4. The number of esters is 1. The van der Waals surface area contributed by atoms with Crippen molar-refractivity contribution in [1.82, 2.24) is 0 Å². The molecule has 8 heteroatoms. The van der Waals surface area contributed by atoms with E-state index in [4.69, 9.17) is 18.6 Å². The summed E-state index contributed by atoms with van der Waals surface area (Å²) in [6.07, 6.45) is -1.10. The monoisotopic (exact) mass is 401 g/mol. The van der Waals surface area contributed by atoms with E-state index in [1.54, 1.807) is 25.1 Å². The van der Waals surface area contributed by atoms with Gasteiger partial charge >= 0.3 is 5.97 Å². The lowest BCUT2D eigenvalue weighted by Crippen LogP contribution is -2.30. The Labute approximate surface area is 166 Å². The first-order chi connectivity index (χ1) is 13.8. The van der Waals surface area contributed by atoms with Crippen molar-refractivity contribution >= 4 is 28.5 Å². The van der Waals surface area contributed by atoms with E-state index in [1.807, 2.05) is 0 Å². The number of hydrogen-bond donors (Lipinski definition) is 1. The summed E-state index contributed by atoms with van der Waals surface area (Å²) in [5.74, 6) is -0.901. The highest BCUT2D eigenvalue weighted by Gasteiger charge is 2.24. The SMILES string of the molecule is COc1ccc(NC(=O)[C@H](C)OC(=O)c2oc3ccc(F)cc3c2C)cc1OC. The number of methoxy groups -OCH3 is 2. The van der Waals surface area contributed by atoms with Crippen molar-refractivity contribution in [1.29, 1.82) is 0 Å². The van der Waals surface area contributed by atoms with Gasteiger partial charge in [-0.05, 0) is 44.2 Å². The van der Waals surface area contributed by atoms with Gasteiger partial charge < -0.3 is 23.9 Å². The minimum absolute atomic E-state index is 0.0728. The molecule has 3 rings (SSSR count). The van der Waals surface area contributed by atoms with Gasteiger partial charge in [0, 0.05) is 22.7 Å². The number of amides is 1. The molecular formula is C21H20FNO6. The van der Waals surface area contributed by atoms with E-state index in [0.29, 0.717) is 33.7 Å². The van der Waals surface area contributed by atoms with Crippen molar-refractivity contribution in [2.24, 2.45) is 0 Å². The Morgan fingerprint density at radius 3 is 2.48 bits per heavy atom. The summed E-state index contributed by atoms with van der Waals surface area (Å²) >= 11 is 0. The molecule has 1 atom stereocenters.